The molecule has 1 N–H and O–H groups in total. The van der Waals surface area contributed by atoms with Crippen molar-refractivity contribution >= 4 is 17.8 Å². The van der Waals surface area contributed by atoms with Gasteiger partial charge in [-0.25, -0.2) is 9.59 Å². The van der Waals surface area contributed by atoms with Crippen LogP contribution in [-0.2, 0) is 14.3 Å². The Morgan fingerprint density at radius 3 is 2.12 bits per heavy atom. The van der Waals surface area contributed by atoms with E-state index in [9.17, 15) is 14.4 Å². The van der Waals surface area contributed by atoms with Crippen molar-refractivity contribution in [2.45, 2.75) is 19.9 Å². The third kappa shape index (κ3) is 5.17. The Kier molecular flexibility index (Phi) is 6.49. The number of benzene rings is 2. The molecule has 0 aromatic heterocycles. The molecule has 0 radical (unpaired) electrons. The summed E-state index contributed by atoms with van der Waals surface area (Å²) in [6.07, 6.45) is 0. The van der Waals surface area contributed by atoms with Gasteiger partial charge < -0.3 is 14.8 Å². The Hall–Kier alpha value is -3.15. The van der Waals surface area contributed by atoms with Crippen LogP contribution < -0.4 is 5.32 Å². The summed E-state index contributed by atoms with van der Waals surface area (Å²) in [5.41, 5.74) is 2.61. The first-order valence-electron chi connectivity index (χ1n) is 8.10. The van der Waals surface area contributed by atoms with E-state index in [1.54, 1.807) is 36.4 Å². The lowest BCUT2D eigenvalue weighted by Crippen LogP contribution is -2.45. The molecule has 136 valence electrons. The van der Waals surface area contributed by atoms with Crippen molar-refractivity contribution in [1.82, 2.24) is 5.32 Å². The summed E-state index contributed by atoms with van der Waals surface area (Å²) < 4.78 is 9.86. The number of hydrogen-bond acceptors (Lipinski definition) is 5. The highest BCUT2D eigenvalue weighted by Crippen LogP contribution is 2.07. The molecular formula is C20H21NO5. The molecule has 0 spiro atoms. The minimum Gasteiger partial charge on any atom is -0.467 e. The fourth-order valence-electron chi connectivity index (χ4n) is 2.35. The van der Waals surface area contributed by atoms with Gasteiger partial charge in [-0.2, -0.15) is 0 Å². The molecule has 0 saturated carbocycles. The first kappa shape index (κ1) is 19.2. The van der Waals surface area contributed by atoms with E-state index >= 15 is 0 Å². The van der Waals surface area contributed by atoms with Crippen molar-refractivity contribution in [3.63, 3.8) is 0 Å². The Bertz CT molecular complexity index is 815. The predicted octanol–water partition coefficient (Wildman–Crippen LogP) is 2.43. The third-order valence-corrected chi connectivity index (χ3v) is 3.71. The van der Waals surface area contributed by atoms with E-state index in [4.69, 9.17) is 4.74 Å². The van der Waals surface area contributed by atoms with Gasteiger partial charge in [0.05, 0.1) is 12.7 Å². The molecule has 0 aliphatic heterocycles. The molecule has 0 aliphatic carbocycles. The SMILES string of the molecule is COC(=O)C(COC(=O)c1cccc(C)c1)NC(=O)c1cccc(C)c1. The summed E-state index contributed by atoms with van der Waals surface area (Å²) in [6.45, 7) is 3.39. The van der Waals surface area contributed by atoms with Gasteiger partial charge in [0.1, 0.15) is 6.61 Å². The largest absolute Gasteiger partial charge is 0.467 e. The fraction of sp³-hybridized carbons (Fsp3) is 0.250. The number of carbonyl (C=O) groups is 3. The molecule has 26 heavy (non-hydrogen) atoms. The molecule has 1 amide bonds. The highest BCUT2D eigenvalue weighted by Gasteiger charge is 2.24. The van der Waals surface area contributed by atoms with Crippen molar-refractivity contribution in [3.05, 3.63) is 70.8 Å². The van der Waals surface area contributed by atoms with Gasteiger partial charge in [0.25, 0.3) is 5.91 Å². The predicted molar refractivity (Wildman–Crippen MR) is 95.9 cm³/mol. The molecule has 0 fully saturated rings. The average molecular weight is 355 g/mol. The number of hydrogen-bond donors (Lipinski definition) is 1. The summed E-state index contributed by atoms with van der Waals surface area (Å²) in [5, 5.41) is 2.54. The number of amides is 1. The lowest BCUT2D eigenvalue weighted by molar-refractivity contribution is -0.143. The van der Waals surface area contributed by atoms with Crippen LogP contribution in [-0.4, -0.2) is 37.6 Å². The van der Waals surface area contributed by atoms with Crippen LogP contribution in [0.4, 0.5) is 0 Å². The van der Waals surface area contributed by atoms with Gasteiger partial charge in [0, 0.05) is 5.56 Å². The molecule has 2 rings (SSSR count). The number of nitrogens with one attached hydrogen (secondary N) is 1. The first-order chi connectivity index (χ1) is 12.4. The molecule has 0 aliphatic rings. The molecule has 6 heteroatoms. The zero-order valence-electron chi connectivity index (χ0n) is 14.9. The summed E-state index contributed by atoms with van der Waals surface area (Å²) in [7, 11) is 1.20. The maximum Gasteiger partial charge on any atom is 0.338 e. The molecule has 0 saturated heterocycles. The minimum absolute atomic E-state index is 0.322. The van der Waals surface area contributed by atoms with Gasteiger partial charge in [-0.3, -0.25) is 4.79 Å². The van der Waals surface area contributed by atoms with Crippen molar-refractivity contribution in [3.8, 4) is 0 Å². The molecule has 1 unspecified atom stereocenters. The van der Waals surface area contributed by atoms with Crippen LogP contribution in [0.25, 0.3) is 0 Å². The van der Waals surface area contributed by atoms with Crippen molar-refractivity contribution < 1.29 is 23.9 Å². The zero-order valence-corrected chi connectivity index (χ0v) is 14.9. The van der Waals surface area contributed by atoms with Crippen molar-refractivity contribution in [1.29, 1.82) is 0 Å². The van der Waals surface area contributed by atoms with E-state index in [0.717, 1.165) is 11.1 Å². The summed E-state index contributed by atoms with van der Waals surface area (Å²) in [5.74, 6) is -1.72. The number of aryl methyl sites for hydroxylation is 2. The number of esters is 2. The van der Waals surface area contributed by atoms with Gasteiger partial charge in [0.2, 0.25) is 0 Å². The number of ether oxygens (including phenoxy) is 2. The molecule has 0 heterocycles. The average Bonchev–Trinajstić information content (AvgIpc) is 2.64. The van der Waals surface area contributed by atoms with Crippen molar-refractivity contribution in [2.75, 3.05) is 13.7 Å². The monoisotopic (exact) mass is 355 g/mol. The molecule has 2 aromatic rings. The van der Waals surface area contributed by atoms with E-state index in [1.807, 2.05) is 26.0 Å². The van der Waals surface area contributed by atoms with Crippen molar-refractivity contribution in [2.24, 2.45) is 0 Å². The molecule has 2 aromatic carbocycles. The quantitative estimate of drug-likeness (QED) is 0.805. The van der Waals surface area contributed by atoms with Crippen LogP contribution in [0.5, 0.6) is 0 Å². The van der Waals surface area contributed by atoms with Gasteiger partial charge in [-0.1, -0.05) is 35.4 Å². The van der Waals surface area contributed by atoms with E-state index in [-0.39, 0.29) is 6.61 Å². The van der Waals surface area contributed by atoms with E-state index in [2.05, 4.69) is 10.1 Å². The Morgan fingerprint density at radius 1 is 0.962 bits per heavy atom. The standard InChI is InChI=1S/C20H21NO5/c1-13-6-4-8-15(10-13)18(22)21-17(20(24)25-3)12-26-19(23)16-9-5-7-14(2)11-16/h4-11,17H,12H2,1-3H3,(H,21,22). The fourth-order valence-corrected chi connectivity index (χ4v) is 2.35. The van der Waals surface area contributed by atoms with Gasteiger partial charge in [-0.05, 0) is 38.1 Å². The zero-order chi connectivity index (χ0) is 19.1. The topological polar surface area (TPSA) is 81.7 Å². The molecule has 0 bridgehead atoms. The van der Waals surface area contributed by atoms with Gasteiger partial charge in [-0.15, -0.1) is 0 Å². The molecule has 1 atom stereocenters. The molecule has 6 nitrogen and oxygen atoms in total. The van der Waals surface area contributed by atoms with E-state index in [0.29, 0.717) is 11.1 Å². The second kappa shape index (κ2) is 8.80. The molecular weight excluding hydrogens is 334 g/mol. The van der Waals surface area contributed by atoms with Gasteiger partial charge >= 0.3 is 11.9 Å². The minimum atomic E-state index is -1.10. The lowest BCUT2D eigenvalue weighted by atomic mass is 10.1. The van der Waals surface area contributed by atoms with Crippen LogP contribution in [0.3, 0.4) is 0 Å². The number of carbonyl (C=O) groups excluding carboxylic acids is 3. The highest BCUT2D eigenvalue weighted by molar-refractivity contribution is 5.97. The summed E-state index contributed by atoms with van der Waals surface area (Å²) >= 11 is 0. The van der Waals surface area contributed by atoms with Gasteiger partial charge in [0.15, 0.2) is 6.04 Å². The Labute approximate surface area is 152 Å². The summed E-state index contributed by atoms with van der Waals surface area (Å²) in [6, 6.07) is 12.7. The normalized spacial score (nSPS) is 11.3. The van der Waals surface area contributed by atoms with E-state index < -0.39 is 23.9 Å². The number of rotatable bonds is 6. The van der Waals surface area contributed by atoms with Crippen LogP contribution in [0.15, 0.2) is 48.5 Å². The van der Waals surface area contributed by atoms with Crippen LogP contribution in [0.1, 0.15) is 31.8 Å². The second-order valence-electron chi connectivity index (χ2n) is 5.89. The smallest absolute Gasteiger partial charge is 0.338 e. The lowest BCUT2D eigenvalue weighted by Gasteiger charge is -2.17. The first-order valence-corrected chi connectivity index (χ1v) is 8.10. The third-order valence-electron chi connectivity index (χ3n) is 3.71. The van der Waals surface area contributed by atoms with E-state index in [1.165, 1.54) is 7.11 Å². The maximum absolute atomic E-state index is 12.3. The highest BCUT2D eigenvalue weighted by atomic mass is 16.5. The second-order valence-corrected chi connectivity index (χ2v) is 5.89. The van der Waals surface area contributed by atoms with Crippen LogP contribution >= 0.6 is 0 Å². The Morgan fingerprint density at radius 2 is 1.54 bits per heavy atom. The number of methoxy groups -OCH3 is 1. The maximum atomic E-state index is 12.3. The summed E-state index contributed by atoms with van der Waals surface area (Å²) in [4.78, 5) is 36.4. The van der Waals surface area contributed by atoms with Crippen LogP contribution in [0, 0.1) is 13.8 Å². The van der Waals surface area contributed by atoms with Crippen LogP contribution in [0.2, 0.25) is 0 Å². The Balaban J connectivity index is 2.04.